The van der Waals surface area contributed by atoms with Crippen molar-refractivity contribution in [3.05, 3.63) is 42.0 Å². The molecular weight excluding hydrogens is 247 g/mol. The van der Waals surface area contributed by atoms with E-state index in [1.165, 1.54) is 12.1 Å². The lowest BCUT2D eigenvalue weighted by Crippen LogP contribution is -2.59. The number of hydrogen-bond acceptors (Lipinski definition) is 4. The molecule has 1 aliphatic rings. The number of β-amino-alcohol motifs (C(OH)–C–C–N with tert-alkyl or cyclic N) is 1. The molecule has 1 fully saturated rings. The lowest BCUT2D eigenvalue weighted by molar-refractivity contribution is -0.0875. The van der Waals surface area contributed by atoms with Crippen LogP contribution in [0.4, 0.5) is 4.39 Å². The Morgan fingerprint density at radius 3 is 2.95 bits per heavy atom. The van der Waals surface area contributed by atoms with Crippen molar-refractivity contribution in [3.8, 4) is 11.5 Å². The van der Waals surface area contributed by atoms with Crippen LogP contribution >= 0.6 is 0 Å². The van der Waals surface area contributed by atoms with Crippen LogP contribution in [0.2, 0.25) is 0 Å². The minimum atomic E-state index is -0.588. The molecule has 1 saturated heterocycles. The van der Waals surface area contributed by atoms with E-state index in [2.05, 4.69) is 9.88 Å². The molecule has 3 rings (SSSR count). The molecule has 0 aliphatic carbocycles. The molecule has 0 saturated carbocycles. The summed E-state index contributed by atoms with van der Waals surface area (Å²) in [6, 6.07) is 6.16. The number of hydrogen-bond donors (Lipinski definition) is 1. The predicted octanol–water partition coefficient (Wildman–Crippen LogP) is 2.05. The van der Waals surface area contributed by atoms with Gasteiger partial charge in [0.2, 0.25) is 5.89 Å². The van der Waals surface area contributed by atoms with Gasteiger partial charge in [0.15, 0.2) is 0 Å². The van der Waals surface area contributed by atoms with Gasteiger partial charge in [-0.3, -0.25) is 4.90 Å². The molecule has 4 nitrogen and oxygen atoms in total. The van der Waals surface area contributed by atoms with Crippen molar-refractivity contribution in [2.24, 2.45) is 0 Å². The maximum Gasteiger partial charge on any atom is 0.226 e. The Hall–Kier alpha value is -1.72. The van der Waals surface area contributed by atoms with Gasteiger partial charge < -0.3 is 9.52 Å². The molecule has 0 atom stereocenters. The van der Waals surface area contributed by atoms with Crippen molar-refractivity contribution < 1.29 is 13.9 Å². The van der Waals surface area contributed by atoms with E-state index in [0.29, 0.717) is 31.1 Å². The summed E-state index contributed by atoms with van der Waals surface area (Å²) in [7, 11) is 0. The molecule has 1 aliphatic heterocycles. The van der Waals surface area contributed by atoms with Crippen molar-refractivity contribution in [3.63, 3.8) is 0 Å². The summed E-state index contributed by atoms with van der Waals surface area (Å²) in [5, 5.41) is 9.65. The van der Waals surface area contributed by atoms with E-state index in [4.69, 9.17) is 4.42 Å². The normalized spacial score (nSPS) is 18.3. The summed E-state index contributed by atoms with van der Waals surface area (Å²) < 4.78 is 18.5. The zero-order valence-electron chi connectivity index (χ0n) is 10.6. The van der Waals surface area contributed by atoms with Gasteiger partial charge >= 0.3 is 0 Å². The Balaban J connectivity index is 1.70. The summed E-state index contributed by atoms with van der Waals surface area (Å²) in [5.41, 5.74) is 0.825. The van der Waals surface area contributed by atoms with E-state index in [1.807, 2.05) is 6.92 Å². The molecule has 2 aromatic rings. The van der Waals surface area contributed by atoms with E-state index in [-0.39, 0.29) is 5.82 Å². The van der Waals surface area contributed by atoms with Gasteiger partial charge in [-0.05, 0) is 25.1 Å². The molecule has 2 heterocycles. The van der Waals surface area contributed by atoms with Crippen molar-refractivity contribution in [1.29, 1.82) is 0 Å². The highest BCUT2D eigenvalue weighted by atomic mass is 19.1. The highest BCUT2D eigenvalue weighted by Gasteiger charge is 2.36. The van der Waals surface area contributed by atoms with Crippen LogP contribution in [0, 0.1) is 5.82 Å². The van der Waals surface area contributed by atoms with Gasteiger partial charge in [0, 0.05) is 25.2 Å². The van der Waals surface area contributed by atoms with Crippen molar-refractivity contribution in [2.45, 2.75) is 19.1 Å². The third-order valence-corrected chi connectivity index (χ3v) is 3.14. The number of aliphatic hydroxyl groups is 1. The second kappa shape index (κ2) is 4.43. The van der Waals surface area contributed by atoms with E-state index in [0.717, 1.165) is 5.69 Å². The van der Waals surface area contributed by atoms with Crippen LogP contribution in [0.15, 0.2) is 34.9 Å². The minimum absolute atomic E-state index is 0.309. The lowest BCUT2D eigenvalue weighted by atomic mass is 9.97. The third kappa shape index (κ3) is 2.67. The first-order chi connectivity index (χ1) is 9.02. The number of oxazole rings is 1. The highest BCUT2D eigenvalue weighted by molar-refractivity contribution is 5.52. The van der Waals surface area contributed by atoms with E-state index in [9.17, 15) is 9.50 Å². The average molecular weight is 262 g/mol. The first kappa shape index (κ1) is 12.3. The summed E-state index contributed by atoms with van der Waals surface area (Å²) in [6.45, 7) is 3.71. The fourth-order valence-corrected chi connectivity index (χ4v) is 2.39. The topological polar surface area (TPSA) is 49.5 Å². The van der Waals surface area contributed by atoms with Gasteiger partial charge in [0.05, 0.1) is 11.3 Å². The molecule has 1 aromatic carbocycles. The van der Waals surface area contributed by atoms with Crippen LogP contribution < -0.4 is 0 Å². The Morgan fingerprint density at radius 1 is 1.47 bits per heavy atom. The van der Waals surface area contributed by atoms with Gasteiger partial charge in [0.25, 0.3) is 0 Å². The number of likely N-dealkylation sites (tertiary alicyclic amines) is 1. The van der Waals surface area contributed by atoms with Crippen LogP contribution in [0.5, 0.6) is 0 Å². The molecule has 0 spiro atoms. The minimum Gasteiger partial charge on any atom is -0.444 e. The molecular formula is C14H15FN2O2. The smallest absolute Gasteiger partial charge is 0.226 e. The molecule has 0 bridgehead atoms. The standard InChI is InChI=1S/C14H15FN2O2/c1-14(18)8-17(9-14)6-12-7-19-13(16-12)10-3-2-4-11(15)5-10/h2-5,7,18H,6,8-9H2,1H3. The first-order valence-electron chi connectivity index (χ1n) is 6.17. The molecule has 1 N–H and O–H groups in total. The zero-order valence-corrected chi connectivity index (χ0v) is 10.6. The average Bonchev–Trinajstić information content (AvgIpc) is 2.75. The van der Waals surface area contributed by atoms with Crippen molar-refractivity contribution in [1.82, 2.24) is 9.88 Å². The summed E-state index contributed by atoms with van der Waals surface area (Å²) in [6.07, 6.45) is 1.58. The van der Waals surface area contributed by atoms with Gasteiger partial charge in [-0.15, -0.1) is 0 Å². The molecule has 0 amide bonds. The SMILES string of the molecule is CC1(O)CN(Cc2coc(-c3cccc(F)c3)n2)C1. The maximum atomic E-state index is 13.1. The summed E-state index contributed by atoms with van der Waals surface area (Å²) >= 11 is 0. The Kier molecular flexibility index (Phi) is 2.88. The highest BCUT2D eigenvalue weighted by Crippen LogP contribution is 2.24. The fraction of sp³-hybridized carbons (Fsp3) is 0.357. The van der Waals surface area contributed by atoms with Gasteiger partial charge in [0.1, 0.15) is 12.1 Å². The van der Waals surface area contributed by atoms with E-state index in [1.54, 1.807) is 18.4 Å². The van der Waals surface area contributed by atoms with Crippen molar-refractivity contribution >= 4 is 0 Å². The molecule has 100 valence electrons. The predicted molar refractivity (Wildman–Crippen MR) is 67.8 cm³/mol. The Labute approximate surface area is 110 Å². The molecule has 0 unspecified atom stereocenters. The second-order valence-electron chi connectivity index (χ2n) is 5.30. The maximum absolute atomic E-state index is 13.1. The zero-order chi connectivity index (χ0) is 13.5. The second-order valence-corrected chi connectivity index (χ2v) is 5.30. The van der Waals surface area contributed by atoms with Crippen LogP contribution in [0.3, 0.4) is 0 Å². The number of rotatable bonds is 3. The monoisotopic (exact) mass is 262 g/mol. The van der Waals surface area contributed by atoms with Crippen LogP contribution in [-0.2, 0) is 6.54 Å². The summed E-state index contributed by atoms with van der Waals surface area (Å²) in [5.74, 6) is 0.109. The van der Waals surface area contributed by atoms with Crippen LogP contribution in [0.25, 0.3) is 11.5 Å². The third-order valence-electron chi connectivity index (χ3n) is 3.14. The van der Waals surface area contributed by atoms with E-state index < -0.39 is 5.60 Å². The van der Waals surface area contributed by atoms with Gasteiger partial charge in [-0.25, -0.2) is 9.37 Å². The fourth-order valence-electron chi connectivity index (χ4n) is 2.39. The Morgan fingerprint density at radius 2 is 2.26 bits per heavy atom. The lowest BCUT2D eigenvalue weighted by Gasteiger charge is -2.43. The molecule has 19 heavy (non-hydrogen) atoms. The van der Waals surface area contributed by atoms with E-state index >= 15 is 0 Å². The van der Waals surface area contributed by atoms with Gasteiger partial charge in [-0.2, -0.15) is 0 Å². The van der Waals surface area contributed by atoms with Crippen LogP contribution in [-0.4, -0.2) is 33.7 Å². The molecule has 1 aromatic heterocycles. The van der Waals surface area contributed by atoms with Crippen LogP contribution in [0.1, 0.15) is 12.6 Å². The van der Waals surface area contributed by atoms with Crippen molar-refractivity contribution in [2.75, 3.05) is 13.1 Å². The molecule has 5 heteroatoms. The Bertz CT molecular complexity index is 587. The first-order valence-corrected chi connectivity index (χ1v) is 6.17. The molecule has 0 radical (unpaired) electrons. The number of aromatic nitrogens is 1. The number of nitrogens with zero attached hydrogens (tertiary/aromatic N) is 2. The summed E-state index contributed by atoms with van der Waals surface area (Å²) in [4.78, 5) is 6.41. The van der Waals surface area contributed by atoms with Gasteiger partial charge in [-0.1, -0.05) is 6.07 Å². The quantitative estimate of drug-likeness (QED) is 0.919. The number of benzene rings is 1. The number of halogens is 1. The largest absolute Gasteiger partial charge is 0.444 e.